The van der Waals surface area contributed by atoms with Gasteiger partial charge in [-0.2, -0.15) is 0 Å². The lowest BCUT2D eigenvalue weighted by Crippen LogP contribution is -2.32. The highest BCUT2D eigenvalue weighted by atomic mass is 16.5. The minimum atomic E-state index is -0.298. The van der Waals surface area contributed by atoms with E-state index in [1.807, 2.05) is 97.1 Å². The normalized spacial score (nSPS) is 10.6. The van der Waals surface area contributed by atoms with Crippen molar-refractivity contribution in [1.29, 1.82) is 0 Å². The monoisotopic (exact) mass is 645 g/mol. The molecule has 0 unspecified atom stereocenters. The Labute approximate surface area is 281 Å². The number of carbonyl (C=O) groups excluding carboxylic acids is 2. The van der Waals surface area contributed by atoms with Crippen LogP contribution in [0.4, 0.5) is 0 Å². The molecule has 0 saturated heterocycles. The number of pyridine rings is 1. The third-order valence-electron chi connectivity index (χ3n) is 7.93. The fourth-order valence-corrected chi connectivity index (χ4v) is 5.23. The van der Waals surface area contributed by atoms with E-state index in [1.165, 1.54) is 6.20 Å². The Hall–Kier alpha value is -5.83. The van der Waals surface area contributed by atoms with Gasteiger partial charge in [-0.05, 0) is 82.9 Å². The molecule has 1 aromatic heterocycles. The molecule has 0 fully saturated rings. The number of amides is 2. The second-order valence-corrected chi connectivity index (χ2v) is 11.1. The van der Waals surface area contributed by atoms with Crippen LogP contribution in [0.25, 0.3) is 0 Å². The van der Waals surface area contributed by atoms with Gasteiger partial charge in [0.25, 0.3) is 11.8 Å². The Kier molecular flexibility index (Phi) is 11.3. The fraction of sp³-hybridized carbons (Fsp3) is 0.205. The first-order chi connectivity index (χ1) is 23.4. The zero-order valence-electron chi connectivity index (χ0n) is 27.6. The van der Waals surface area contributed by atoms with Gasteiger partial charge in [0, 0.05) is 37.9 Å². The Balaban J connectivity index is 1.42. The number of methoxy groups -OCH3 is 4. The van der Waals surface area contributed by atoms with Gasteiger partial charge in [0.2, 0.25) is 0 Å². The van der Waals surface area contributed by atoms with Crippen LogP contribution in [0.15, 0.2) is 115 Å². The largest absolute Gasteiger partial charge is 0.497 e. The van der Waals surface area contributed by atoms with E-state index in [1.54, 1.807) is 50.4 Å². The van der Waals surface area contributed by atoms with Crippen LogP contribution in [0.1, 0.15) is 43.1 Å². The second kappa shape index (κ2) is 16.1. The van der Waals surface area contributed by atoms with Gasteiger partial charge in [-0.25, -0.2) is 0 Å². The predicted octanol–water partition coefficient (Wildman–Crippen LogP) is 6.80. The second-order valence-electron chi connectivity index (χ2n) is 11.1. The summed E-state index contributed by atoms with van der Waals surface area (Å²) in [5.74, 6) is 2.40. The number of benzene rings is 4. The van der Waals surface area contributed by atoms with Crippen LogP contribution in [0.5, 0.6) is 23.0 Å². The summed E-state index contributed by atoms with van der Waals surface area (Å²) in [4.78, 5) is 36.1. The number of aromatic nitrogens is 1. The molecule has 1 heterocycles. The highest BCUT2D eigenvalue weighted by Crippen LogP contribution is 2.22. The molecule has 0 saturated carbocycles. The van der Waals surface area contributed by atoms with Gasteiger partial charge in [0.1, 0.15) is 28.7 Å². The molecule has 4 aromatic carbocycles. The molecule has 48 heavy (non-hydrogen) atoms. The third kappa shape index (κ3) is 8.70. The molecule has 0 spiro atoms. The van der Waals surface area contributed by atoms with Gasteiger partial charge >= 0.3 is 0 Å². The first-order valence-electron chi connectivity index (χ1n) is 15.5. The van der Waals surface area contributed by atoms with Crippen molar-refractivity contribution in [1.82, 2.24) is 14.8 Å². The number of carbonyl (C=O) groups is 2. The fourth-order valence-electron chi connectivity index (χ4n) is 5.23. The topological polar surface area (TPSA) is 90.4 Å². The molecular formula is C39H39N3O6. The summed E-state index contributed by atoms with van der Waals surface area (Å²) in [5.41, 5.74) is 4.27. The number of ether oxygens (including phenoxy) is 4. The maximum atomic E-state index is 14.1. The van der Waals surface area contributed by atoms with Crippen molar-refractivity contribution in [2.24, 2.45) is 0 Å². The molecule has 0 aliphatic carbocycles. The smallest absolute Gasteiger partial charge is 0.273 e. The van der Waals surface area contributed by atoms with E-state index in [9.17, 15) is 9.59 Å². The Morgan fingerprint density at radius 3 is 1.10 bits per heavy atom. The van der Waals surface area contributed by atoms with E-state index in [0.29, 0.717) is 31.7 Å². The van der Waals surface area contributed by atoms with Crippen LogP contribution < -0.4 is 18.9 Å². The maximum Gasteiger partial charge on any atom is 0.273 e. The first-order valence-corrected chi connectivity index (χ1v) is 15.5. The number of hydrogen-bond donors (Lipinski definition) is 0. The zero-order chi connectivity index (χ0) is 33.9. The molecule has 2 amide bonds. The lowest BCUT2D eigenvalue weighted by atomic mass is 10.1. The Morgan fingerprint density at radius 2 is 0.792 bits per heavy atom. The third-order valence-corrected chi connectivity index (χ3v) is 7.93. The van der Waals surface area contributed by atoms with E-state index in [4.69, 9.17) is 18.9 Å². The minimum Gasteiger partial charge on any atom is -0.497 e. The molecule has 9 nitrogen and oxygen atoms in total. The number of hydrogen-bond acceptors (Lipinski definition) is 7. The van der Waals surface area contributed by atoms with E-state index in [-0.39, 0.29) is 17.5 Å². The van der Waals surface area contributed by atoms with Crippen molar-refractivity contribution in [2.45, 2.75) is 26.2 Å². The van der Waals surface area contributed by atoms with E-state index in [2.05, 4.69) is 4.98 Å². The molecule has 5 aromatic rings. The van der Waals surface area contributed by atoms with Crippen LogP contribution in [0.3, 0.4) is 0 Å². The highest BCUT2D eigenvalue weighted by Gasteiger charge is 2.22. The van der Waals surface area contributed by atoms with Crippen LogP contribution in [-0.4, -0.2) is 55.0 Å². The summed E-state index contributed by atoms with van der Waals surface area (Å²) >= 11 is 0. The molecule has 0 aliphatic rings. The maximum absolute atomic E-state index is 14.1. The highest BCUT2D eigenvalue weighted by molar-refractivity contribution is 5.98. The molecule has 246 valence electrons. The van der Waals surface area contributed by atoms with Crippen molar-refractivity contribution in [3.05, 3.63) is 149 Å². The summed E-state index contributed by atoms with van der Waals surface area (Å²) in [6.45, 7) is 1.36. The van der Waals surface area contributed by atoms with Crippen LogP contribution in [0, 0.1) is 0 Å². The SMILES string of the molecule is COc1ccc(CN(Cc2ccc(OC)cc2)C(=O)c2ccnc(C(=O)N(Cc3ccc(OC)cc3)Cc3ccc(OC)cc3)c2)cc1. The summed E-state index contributed by atoms with van der Waals surface area (Å²) in [7, 11) is 6.46. The van der Waals surface area contributed by atoms with Crippen LogP contribution in [-0.2, 0) is 26.2 Å². The average Bonchev–Trinajstić information content (AvgIpc) is 3.15. The lowest BCUT2D eigenvalue weighted by molar-refractivity contribution is 0.0722. The van der Waals surface area contributed by atoms with Gasteiger partial charge in [0.05, 0.1) is 28.4 Å². The number of nitrogens with zero attached hydrogens (tertiary/aromatic N) is 3. The predicted molar refractivity (Wildman–Crippen MR) is 183 cm³/mol. The molecule has 0 radical (unpaired) electrons. The van der Waals surface area contributed by atoms with Crippen molar-refractivity contribution in [3.63, 3.8) is 0 Å². The lowest BCUT2D eigenvalue weighted by Gasteiger charge is -2.25. The van der Waals surface area contributed by atoms with E-state index < -0.39 is 0 Å². The Bertz CT molecular complexity index is 1560. The Morgan fingerprint density at radius 1 is 0.479 bits per heavy atom. The molecule has 0 aliphatic heterocycles. The van der Waals surface area contributed by atoms with Crippen LogP contribution >= 0.6 is 0 Å². The quantitative estimate of drug-likeness (QED) is 0.131. The van der Waals surface area contributed by atoms with Crippen LogP contribution in [0.2, 0.25) is 0 Å². The summed E-state index contributed by atoms with van der Waals surface area (Å²) in [5, 5.41) is 0. The minimum absolute atomic E-state index is 0.178. The van der Waals surface area contributed by atoms with Gasteiger partial charge in [-0.15, -0.1) is 0 Å². The molecular weight excluding hydrogens is 606 g/mol. The number of rotatable bonds is 14. The first kappa shape index (κ1) is 33.5. The van der Waals surface area contributed by atoms with Gasteiger partial charge in [-0.3, -0.25) is 14.6 Å². The molecule has 0 bridgehead atoms. The standard InChI is InChI=1S/C39H39N3O6/c1-45-33-13-5-28(6-14-33)24-41(25-29-7-15-34(46-2)16-8-29)38(43)32-21-22-40-37(23-32)39(44)42(26-30-9-17-35(47-3)18-10-30)27-31-11-19-36(48-4)20-12-31/h5-23H,24-27H2,1-4H3. The molecule has 0 atom stereocenters. The van der Waals surface area contributed by atoms with E-state index >= 15 is 0 Å². The average molecular weight is 646 g/mol. The van der Waals surface area contributed by atoms with Gasteiger partial charge in [0.15, 0.2) is 0 Å². The summed E-state index contributed by atoms with van der Waals surface area (Å²) in [6.07, 6.45) is 1.51. The van der Waals surface area contributed by atoms with Crippen molar-refractivity contribution in [2.75, 3.05) is 28.4 Å². The molecule has 0 N–H and O–H groups in total. The zero-order valence-corrected chi connectivity index (χ0v) is 27.6. The summed E-state index contributed by atoms with van der Waals surface area (Å²) in [6, 6.07) is 33.6. The van der Waals surface area contributed by atoms with Crippen molar-refractivity contribution < 1.29 is 28.5 Å². The van der Waals surface area contributed by atoms with Crippen molar-refractivity contribution in [3.8, 4) is 23.0 Å². The van der Waals surface area contributed by atoms with Crippen molar-refractivity contribution >= 4 is 11.8 Å². The van der Waals surface area contributed by atoms with Gasteiger partial charge in [-0.1, -0.05) is 48.5 Å². The summed E-state index contributed by atoms with van der Waals surface area (Å²) < 4.78 is 21.2. The van der Waals surface area contributed by atoms with Gasteiger partial charge < -0.3 is 28.7 Å². The molecule has 5 rings (SSSR count). The van der Waals surface area contributed by atoms with E-state index in [0.717, 1.165) is 45.3 Å². The molecule has 9 heteroatoms.